The molecule has 0 spiro atoms. The monoisotopic (exact) mass is 328 g/mol. The Labute approximate surface area is 141 Å². The summed E-state index contributed by atoms with van der Waals surface area (Å²) in [6.07, 6.45) is 1.03. The lowest BCUT2D eigenvalue weighted by atomic mass is 10.1. The number of hydrogen-bond donors (Lipinski definition) is 1. The summed E-state index contributed by atoms with van der Waals surface area (Å²) in [6, 6.07) is 13.6. The molecule has 0 radical (unpaired) electrons. The van der Waals surface area contributed by atoms with Crippen molar-refractivity contribution in [2.24, 2.45) is 5.92 Å². The molecule has 0 unspecified atom stereocenters. The van der Waals surface area contributed by atoms with E-state index in [1.165, 1.54) is 24.3 Å². The highest BCUT2D eigenvalue weighted by molar-refractivity contribution is 5.94. The van der Waals surface area contributed by atoms with Crippen molar-refractivity contribution in [1.29, 1.82) is 0 Å². The van der Waals surface area contributed by atoms with E-state index >= 15 is 0 Å². The van der Waals surface area contributed by atoms with E-state index in [-0.39, 0.29) is 11.7 Å². The molecule has 2 aromatic rings. The van der Waals surface area contributed by atoms with Crippen LogP contribution >= 0.6 is 0 Å². The fourth-order valence-corrected chi connectivity index (χ4v) is 2.98. The summed E-state index contributed by atoms with van der Waals surface area (Å²) in [5.74, 6) is 0.757. The first kappa shape index (κ1) is 16.3. The lowest BCUT2D eigenvalue weighted by Gasteiger charge is -2.19. The van der Waals surface area contributed by atoms with Crippen molar-refractivity contribution in [2.75, 3.05) is 31.6 Å². The summed E-state index contributed by atoms with van der Waals surface area (Å²) in [6.45, 7) is 2.48. The molecule has 1 amide bonds. The molecule has 1 atom stereocenters. The van der Waals surface area contributed by atoms with Crippen LogP contribution in [0.25, 0.3) is 0 Å². The molecule has 1 saturated heterocycles. The zero-order valence-electron chi connectivity index (χ0n) is 13.7. The van der Waals surface area contributed by atoms with Crippen molar-refractivity contribution in [3.8, 4) is 5.75 Å². The summed E-state index contributed by atoms with van der Waals surface area (Å²) in [5, 5.41) is 2.94. The van der Waals surface area contributed by atoms with Gasteiger partial charge in [-0.3, -0.25) is 4.79 Å². The van der Waals surface area contributed by atoms with Gasteiger partial charge in [-0.2, -0.15) is 0 Å². The van der Waals surface area contributed by atoms with Gasteiger partial charge >= 0.3 is 0 Å². The molecule has 5 heteroatoms. The normalized spacial score (nSPS) is 16.9. The Bertz CT molecular complexity index is 703. The van der Waals surface area contributed by atoms with Gasteiger partial charge in [-0.15, -0.1) is 0 Å². The van der Waals surface area contributed by atoms with Crippen LogP contribution in [0.2, 0.25) is 0 Å². The molecular weight excluding hydrogens is 307 g/mol. The van der Waals surface area contributed by atoms with Gasteiger partial charge in [0.05, 0.1) is 7.11 Å². The predicted octanol–water partition coefficient (Wildman–Crippen LogP) is 3.09. The van der Waals surface area contributed by atoms with Crippen LogP contribution in [0.3, 0.4) is 0 Å². The minimum atomic E-state index is -0.337. The predicted molar refractivity (Wildman–Crippen MR) is 92.0 cm³/mol. The van der Waals surface area contributed by atoms with Crippen molar-refractivity contribution < 1.29 is 13.9 Å². The fraction of sp³-hybridized carbons (Fsp3) is 0.316. The second kappa shape index (κ2) is 7.34. The van der Waals surface area contributed by atoms with Crippen LogP contribution in [0.1, 0.15) is 16.8 Å². The van der Waals surface area contributed by atoms with Crippen molar-refractivity contribution >= 4 is 11.6 Å². The Morgan fingerprint density at radius 2 is 2.08 bits per heavy atom. The Hall–Kier alpha value is -2.56. The average Bonchev–Trinajstić information content (AvgIpc) is 3.09. The van der Waals surface area contributed by atoms with E-state index in [4.69, 9.17) is 4.74 Å². The summed E-state index contributed by atoms with van der Waals surface area (Å²) >= 11 is 0. The number of rotatable bonds is 5. The maximum absolute atomic E-state index is 12.9. The number of anilines is 1. The van der Waals surface area contributed by atoms with E-state index in [0.29, 0.717) is 18.0 Å². The maximum atomic E-state index is 12.9. The summed E-state index contributed by atoms with van der Waals surface area (Å²) in [7, 11) is 1.66. The molecule has 1 heterocycles. The number of hydrogen-bond acceptors (Lipinski definition) is 3. The Kier molecular flexibility index (Phi) is 4.99. The quantitative estimate of drug-likeness (QED) is 0.917. The number of benzene rings is 2. The number of halogens is 1. The summed E-state index contributed by atoms with van der Waals surface area (Å²) < 4.78 is 18.2. The maximum Gasteiger partial charge on any atom is 0.251 e. The molecule has 126 valence electrons. The molecule has 1 aliphatic heterocycles. The number of methoxy groups -OCH3 is 1. The number of amides is 1. The van der Waals surface area contributed by atoms with Crippen LogP contribution in [0.15, 0.2) is 48.5 Å². The van der Waals surface area contributed by atoms with Gasteiger partial charge < -0.3 is 15.0 Å². The number of carbonyl (C=O) groups excluding carboxylic acids is 1. The molecule has 0 aromatic heterocycles. The van der Waals surface area contributed by atoms with Crippen LogP contribution < -0.4 is 15.0 Å². The van der Waals surface area contributed by atoms with E-state index in [0.717, 1.165) is 30.9 Å². The lowest BCUT2D eigenvalue weighted by molar-refractivity contribution is 0.0948. The smallest absolute Gasteiger partial charge is 0.251 e. The highest BCUT2D eigenvalue weighted by Gasteiger charge is 2.23. The molecule has 0 saturated carbocycles. The van der Waals surface area contributed by atoms with Gasteiger partial charge in [0.1, 0.15) is 11.6 Å². The Balaban J connectivity index is 1.52. The standard InChI is InChI=1S/C19H21FN2O2/c1-24-18-4-2-3-17(11-18)22-10-9-14(13-22)12-21-19(23)15-5-7-16(20)8-6-15/h2-8,11,14H,9-10,12-13H2,1H3,(H,21,23)/t14-/m1/s1. The fourth-order valence-electron chi connectivity index (χ4n) is 2.98. The summed E-state index contributed by atoms with van der Waals surface area (Å²) in [4.78, 5) is 14.4. The minimum absolute atomic E-state index is 0.158. The zero-order valence-corrected chi connectivity index (χ0v) is 13.7. The molecule has 0 aliphatic carbocycles. The number of nitrogens with one attached hydrogen (secondary N) is 1. The highest BCUT2D eigenvalue weighted by atomic mass is 19.1. The van der Waals surface area contributed by atoms with E-state index < -0.39 is 0 Å². The molecule has 1 fully saturated rings. The largest absolute Gasteiger partial charge is 0.497 e. The first-order valence-electron chi connectivity index (χ1n) is 8.08. The van der Waals surface area contributed by atoms with E-state index in [2.05, 4.69) is 16.3 Å². The second-order valence-electron chi connectivity index (χ2n) is 6.02. The third-order valence-corrected chi connectivity index (χ3v) is 4.36. The van der Waals surface area contributed by atoms with E-state index in [1.807, 2.05) is 18.2 Å². The van der Waals surface area contributed by atoms with Gasteiger partial charge in [0.15, 0.2) is 0 Å². The van der Waals surface area contributed by atoms with Crippen LogP contribution in [-0.2, 0) is 0 Å². The number of nitrogens with zero attached hydrogens (tertiary/aromatic N) is 1. The van der Waals surface area contributed by atoms with Crippen molar-refractivity contribution in [3.63, 3.8) is 0 Å². The molecule has 3 rings (SSSR count). The van der Waals surface area contributed by atoms with Gasteiger partial charge in [0, 0.05) is 37.0 Å². The van der Waals surface area contributed by atoms with Crippen LogP contribution in [-0.4, -0.2) is 32.7 Å². The van der Waals surface area contributed by atoms with Gasteiger partial charge in [0.2, 0.25) is 0 Å². The average molecular weight is 328 g/mol. The van der Waals surface area contributed by atoms with Crippen molar-refractivity contribution in [1.82, 2.24) is 5.32 Å². The SMILES string of the molecule is COc1cccc(N2CC[C@H](CNC(=O)c3ccc(F)cc3)C2)c1. The molecule has 2 aromatic carbocycles. The van der Waals surface area contributed by atoms with Crippen molar-refractivity contribution in [2.45, 2.75) is 6.42 Å². The Morgan fingerprint density at radius 1 is 1.29 bits per heavy atom. The van der Waals surface area contributed by atoms with Gasteiger partial charge in [-0.05, 0) is 48.7 Å². The zero-order chi connectivity index (χ0) is 16.9. The number of ether oxygens (including phenoxy) is 1. The van der Waals surface area contributed by atoms with Crippen LogP contribution in [0.4, 0.5) is 10.1 Å². The molecule has 1 aliphatic rings. The molecule has 24 heavy (non-hydrogen) atoms. The van der Waals surface area contributed by atoms with Gasteiger partial charge in [-0.25, -0.2) is 4.39 Å². The van der Waals surface area contributed by atoms with Crippen LogP contribution in [0.5, 0.6) is 5.75 Å². The summed E-state index contributed by atoms with van der Waals surface area (Å²) in [5.41, 5.74) is 1.63. The topological polar surface area (TPSA) is 41.6 Å². The lowest BCUT2D eigenvalue weighted by Crippen LogP contribution is -2.31. The highest BCUT2D eigenvalue weighted by Crippen LogP contribution is 2.26. The van der Waals surface area contributed by atoms with Gasteiger partial charge in [-0.1, -0.05) is 6.07 Å². The third kappa shape index (κ3) is 3.85. The Morgan fingerprint density at radius 3 is 2.83 bits per heavy atom. The molecular formula is C19H21FN2O2. The first-order chi connectivity index (χ1) is 11.7. The van der Waals surface area contributed by atoms with Crippen molar-refractivity contribution in [3.05, 3.63) is 59.9 Å². The van der Waals surface area contributed by atoms with Crippen LogP contribution in [0, 0.1) is 11.7 Å². The van der Waals surface area contributed by atoms with E-state index in [9.17, 15) is 9.18 Å². The van der Waals surface area contributed by atoms with Gasteiger partial charge in [0.25, 0.3) is 5.91 Å². The minimum Gasteiger partial charge on any atom is -0.497 e. The first-order valence-corrected chi connectivity index (χ1v) is 8.08. The molecule has 4 nitrogen and oxygen atoms in total. The second-order valence-corrected chi connectivity index (χ2v) is 6.02. The molecule has 1 N–H and O–H groups in total. The third-order valence-electron chi connectivity index (χ3n) is 4.36. The van der Waals surface area contributed by atoms with E-state index in [1.54, 1.807) is 7.11 Å². The number of carbonyl (C=O) groups is 1. The molecule has 0 bridgehead atoms.